The van der Waals surface area contributed by atoms with Crippen molar-refractivity contribution in [3.05, 3.63) is 53.6 Å². The predicted molar refractivity (Wildman–Crippen MR) is 134 cm³/mol. The third-order valence-corrected chi connectivity index (χ3v) is 7.03. The number of alkyl halides is 6. The van der Waals surface area contributed by atoms with Crippen LogP contribution in [0.2, 0.25) is 0 Å². The third kappa shape index (κ3) is 8.17. The molecule has 0 bridgehead atoms. The van der Waals surface area contributed by atoms with E-state index < -0.39 is 23.9 Å². The molecule has 1 amide bonds. The van der Waals surface area contributed by atoms with Crippen LogP contribution in [0.3, 0.4) is 0 Å². The van der Waals surface area contributed by atoms with Gasteiger partial charge < -0.3 is 24.6 Å². The maximum Gasteiger partial charge on any atom is 0.573 e. The molecule has 0 radical (unpaired) electrons. The molecule has 0 spiro atoms. The lowest BCUT2D eigenvalue weighted by Crippen LogP contribution is -2.50. The van der Waals surface area contributed by atoms with Crippen LogP contribution in [0.4, 0.5) is 37.7 Å². The molecule has 2 aliphatic rings. The van der Waals surface area contributed by atoms with Crippen LogP contribution in [0.15, 0.2) is 42.5 Å². The van der Waals surface area contributed by atoms with Gasteiger partial charge >= 0.3 is 12.5 Å². The van der Waals surface area contributed by atoms with Crippen molar-refractivity contribution in [2.75, 3.05) is 43.0 Å². The van der Waals surface area contributed by atoms with E-state index in [1.54, 1.807) is 4.90 Å². The highest BCUT2D eigenvalue weighted by molar-refractivity contribution is 5.77. The van der Waals surface area contributed by atoms with Crippen molar-refractivity contribution in [1.82, 2.24) is 4.90 Å². The Hall–Kier alpha value is -3.15. The van der Waals surface area contributed by atoms with Crippen LogP contribution in [0.25, 0.3) is 0 Å². The number of carbonyl (C=O) groups excluding carboxylic acids is 1. The Kier molecular flexibility index (Phi) is 8.83. The van der Waals surface area contributed by atoms with Gasteiger partial charge in [-0.1, -0.05) is 17.7 Å². The van der Waals surface area contributed by atoms with Crippen molar-refractivity contribution >= 4 is 17.3 Å². The first-order valence-electron chi connectivity index (χ1n) is 12.8. The number of anilines is 2. The number of amides is 1. The van der Waals surface area contributed by atoms with E-state index in [4.69, 9.17) is 4.74 Å². The molecule has 1 aliphatic heterocycles. The van der Waals surface area contributed by atoms with Crippen LogP contribution in [0, 0.1) is 6.92 Å². The lowest BCUT2D eigenvalue weighted by molar-refractivity contribution is -0.276. The quantitative estimate of drug-likeness (QED) is 0.422. The number of piperazine rings is 1. The Morgan fingerprint density at radius 3 is 2.15 bits per heavy atom. The fourth-order valence-corrected chi connectivity index (χ4v) is 4.91. The van der Waals surface area contributed by atoms with E-state index in [1.165, 1.54) is 5.56 Å². The molecule has 6 nitrogen and oxygen atoms in total. The highest BCUT2D eigenvalue weighted by atomic mass is 19.4. The number of halogens is 6. The molecule has 1 aliphatic carbocycles. The Bertz CT molecular complexity index is 1110. The zero-order chi connectivity index (χ0) is 28.2. The highest BCUT2D eigenvalue weighted by Gasteiger charge is 2.39. The van der Waals surface area contributed by atoms with Crippen molar-refractivity contribution in [2.24, 2.45) is 0 Å². The molecule has 12 heteroatoms. The lowest BCUT2D eigenvalue weighted by Gasteiger charge is -2.36. The van der Waals surface area contributed by atoms with Gasteiger partial charge in [0.25, 0.3) is 0 Å². The van der Waals surface area contributed by atoms with Crippen molar-refractivity contribution < 1.29 is 40.6 Å². The summed E-state index contributed by atoms with van der Waals surface area (Å²) in [5, 5.41) is 2.97. The molecule has 1 heterocycles. The second-order valence-electron chi connectivity index (χ2n) is 9.89. The summed E-state index contributed by atoms with van der Waals surface area (Å²) in [7, 11) is 0. The van der Waals surface area contributed by atoms with E-state index >= 15 is 0 Å². The number of nitrogens with one attached hydrogen (secondary N) is 1. The highest BCUT2D eigenvalue weighted by Crippen LogP contribution is 2.40. The molecular weight excluding hydrogens is 528 g/mol. The Labute approximate surface area is 222 Å². The number of hydrogen-bond acceptors (Lipinski definition) is 5. The average molecular weight is 560 g/mol. The van der Waals surface area contributed by atoms with Crippen LogP contribution in [-0.4, -0.2) is 62.1 Å². The summed E-state index contributed by atoms with van der Waals surface area (Å²) in [6.07, 6.45) is -8.02. The van der Waals surface area contributed by atoms with Crippen LogP contribution in [0.5, 0.6) is 5.75 Å². The second kappa shape index (κ2) is 11.9. The smallest absolute Gasteiger partial charge is 0.405 e. The zero-order valence-corrected chi connectivity index (χ0v) is 21.4. The number of rotatable bonds is 7. The van der Waals surface area contributed by atoms with E-state index in [2.05, 4.69) is 39.2 Å². The molecular formula is C27H31F6N3O3. The molecule has 0 aromatic heterocycles. The molecule has 39 heavy (non-hydrogen) atoms. The molecule has 4 rings (SSSR count). The zero-order valence-electron chi connectivity index (χ0n) is 21.4. The SMILES string of the molecule is Cc1ccc(N2CCN(C(=O)COC3CCC(Nc4ccc(OC(F)(F)F)c(C(F)(F)F)c4)CC3)CC2)cc1. The molecule has 214 valence electrons. The van der Waals surface area contributed by atoms with Gasteiger partial charge in [-0.3, -0.25) is 4.79 Å². The third-order valence-electron chi connectivity index (χ3n) is 7.03. The second-order valence-corrected chi connectivity index (χ2v) is 9.89. The monoisotopic (exact) mass is 559 g/mol. The fourth-order valence-electron chi connectivity index (χ4n) is 4.91. The predicted octanol–water partition coefficient (Wildman–Crippen LogP) is 6.00. The Morgan fingerprint density at radius 1 is 0.923 bits per heavy atom. The van der Waals surface area contributed by atoms with Crippen LogP contribution >= 0.6 is 0 Å². The summed E-state index contributed by atoms with van der Waals surface area (Å²) in [6, 6.07) is 10.5. The number of hydrogen-bond donors (Lipinski definition) is 1. The van der Waals surface area contributed by atoms with Crippen molar-refractivity contribution in [1.29, 1.82) is 0 Å². The summed E-state index contributed by atoms with van der Waals surface area (Å²) >= 11 is 0. The van der Waals surface area contributed by atoms with Crippen molar-refractivity contribution in [3.63, 3.8) is 0 Å². The van der Waals surface area contributed by atoms with Crippen LogP contribution in [0.1, 0.15) is 36.8 Å². The standard InChI is InChI=1S/C27H31F6N3O3/c1-18-2-7-21(8-3-18)35-12-14-36(15-13-35)25(37)17-38-22-9-4-19(5-10-22)34-20-6-11-24(39-27(31,32)33)23(16-20)26(28,29)30/h2-3,6-8,11,16,19,22,34H,4-5,9-10,12-15,17H2,1H3. The van der Waals surface area contributed by atoms with Gasteiger partial charge in [-0.05, 0) is 62.9 Å². The van der Waals surface area contributed by atoms with Gasteiger partial charge in [0, 0.05) is 43.6 Å². The fraction of sp³-hybridized carbons (Fsp3) is 0.519. The minimum Gasteiger partial charge on any atom is -0.405 e. The van der Waals surface area contributed by atoms with Crippen LogP contribution < -0.4 is 15.0 Å². The maximum atomic E-state index is 13.3. The number of aryl methyl sites for hydroxylation is 1. The molecule has 1 saturated carbocycles. The normalized spacial score (nSPS) is 20.6. The van der Waals surface area contributed by atoms with Gasteiger partial charge in [0.15, 0.2) is 0 Å². The van der Waals surface area contributed by atoms with E-state index in [-0.39, 0.29) is 30.3 Å². The topological polar surface area (TPSA) is 54.0 Å². The largest absolute Gasteiger partial charge is 0.573 e. The van der Waals surface area contributed by atoms with Crippen molar-refractivity contribution in [3.8, 4) is 5.75 Å². The summed E-state index contributed by atoms with van der Waals surface area (Å²) < 4.78 is 86.7. The first-order chi connectivity index (χ1) is 18.4. The summed E-state index contributed by atoms with van der Waals surface area (Å²) in [5.41, 5.74) is 0.884. The first-order valence-corrected chi connectivity index (χ1v) is 12.8. The molecule has 2 aromatic rings. The van der Waals surface area contributed by atoms with E-state index in [0.29, 0.717) is 50.9 Å². The minimum absolute atomic E-state index is 0.0249. The van der Waals surface area contributed by atoms with Gasteiger partial charge in [0.1, 0.15) is 12.4 Å². The van der Waals surface area contributed by atoms with Gasteiger partial charge in [0.2, 0.25) is 5.91 Å². The summed E-state index contributed by atoms with van der Waals surface area (Å²) in [5.74, 6) is -1.36. The summed E-state index contributed by atoms with van der Waals surface area (Å²) in [6.45, 7) is 4.72. The lowest BCUT2D eigenvalue weighted by atomic mass is 9.92. The number of ether oxygens (including phenoxy) is 2. The van der Waals surface area contributed by atoms with Crippen LogP contribution in [-0.2, 0) is 15.7 Å². The number of carbonyl (C=O) groups is 1. The van der Waals surface area contributed by atoms with E-state index in [1.807, 2.05) is 6.92 Å². The van der Waals surface area contributed by atoms with E-state index in [0.717, 1.165) is 24.8 Å². The molecule has 0 atom stereocenters. The van der Waals surface area contributed by atoms with Gasteiger partial charge in [0.05, 0.1) is 11.7 Å². The summed E-state index contributed by atoms with van der Waals surface area (Å²) in [4.78, 5) is 16.7. The molecule has 1 saturated heterocycles. The molecule has 2 aromatic carbocycles. The number of nitrogens with zero attached hydrogens (tertiary/aromatic N) is 2. The van der Waals surface area contributed by atoms with Crippen molar-refractivity contribution in [2.45, 2.75) is 57.3 Å². The Morgan fingerprint density at radius 2 is 1.56 bits per heavy atom. The van der Waals surface area contributed by atoms with Gasteiger partial charge in [-0.15, -0.1) is 13.2 Å². The molecule has 0 unspecified atom stereocenters. The maximum absolute atomic E-state index is 13.3. The molecule has 1 N–H and O–H groups in total. The first kappa shape index (κ1) is 28.8. The van der Waals surface area contributed by atoms with Gasteiger partial charge in [-0.2, -0.15) is 13.2 Å². The molecule has 2 fully saturated rings. The minimum atomic E-state index is -5.23. The average Bonchev–Trinajstić information content (AvgIpc) is 2.88. The Balaban J connectivity index is 1.21. The number of benzene rings is 2. The van der Waals surface area contributed by atoms with Gasteiger partial charge in [-0.25, -0.2) is 0 Å². The van der Waals surface area contributed by atoms with E-state index in [9.17, 15) is 31.1 Å².